The lowest BCUT2D eigenvalue weighted by Crippen LogP contribution is -2.40. The Balaban J connectivity index is 2.15. The van der Waals surface area contributed by atoms with E-state index in [1.54, 1.807) is 11.0 Å². The predicted molar refractivity (Wildman–Crippen MR) is 63.9 cm³/mol. The molecule has 1 fully saturated rings. The Morgan fingerprint density at radius 1 is 1.35 bits per heavy atom. The third-order valence-corrected chi connectivity index (χ3v) is 3.57. The zero-order chi connectivity index (χ0) is 12.0. The second-order valence-electron chi connectivity index (χ2n) is 4.64. The van der Waals surface area contributed by atoms with Crippen LogP contribution in [0.25, 0.3) is 0 Å². The van der Waals surface area contributed by atoms with Crippen LogP contribution in [0.15, 0.2) is 18.2 Å². The Morgan fingerprint density at radius 3 is 3.00 bits per heavy atom. The van der Waals surface area contributed by atoms with Gasteiger partial charge in [-0.3, -0.25) is 9.59 Å². The van der Waals surface area contributed by atoms with E-state index < -0.39 is 0 Å². The smallest absolute Gasteiger partial charge is 0.256 e. The van der Waals surface area contributed by atoms with Crippen LogP contribution < -0.4 is 5.32 Å². The molecule has 0 aliphatic carbocycles. The Hall–Kier alpha value is -1.84. The van der Waals surface area contributed by atoms with E-state index in [4.69, 9.17) is 0 Å². The van der Waals surface area contributed by atoms with Crippen molar-refractivity contribution in [2.75, 3.05) is 11.9 Å². The van der Waals surface area contributed by atoms with Crippen LogP contribution in [0, 0.1) is 6.92 Å². The quantitative estimate of drug-likeness (QED) is 0.735. The van der Waals surface area contributed by atoms with Gasteiger partial charge in [-0.25, -0.2) is 0 Å². The van der Waals surface area contributed by atoms with Gasteiger partial charge in [-0.15, -0.1) is 0 Å². The predicted octanol–water partition coefficient (Wildman–Crippen LogP) is 1.55. The molecule has 1 aromatic rings. The van der Waals surface area contributed by atoms with Gasteiger partial charge in [0.25, 0.3) is 5.91 Å². The number of amides is 2. The van der Waals surface area contributed by atoms with E-state index in [1.807, 2.05) is 19.1 Å². The Morgan fingerprint density at radius 2 is 2.18 bits per heavy atom. The molecule has 17 heavy (non-hydrogen) atoms. The van der Waals surface area contributed by atoms with Crippen molar-refractivity contribution < 1.29 is 9.59 Å². The van der Waals surface area contributed by atoms with Crippen molar-refractivity contribution >= 4 is 17.5 Å². The minimum absolute atomic E-state index is 0.0236. The second kappa shape index (κ2) is 3.58. The van der Waals surface area contributed by atoms with Gasteiger partial charge >= 0.3 is 0 Å². The van der Waals surface area contributed by atoms with E-state index in [0.717, 1.165) is 18.4 Å². The van der Waals surface area contributed by atoms with Crippen molar-refractivity contribution in [1.82, 2.24) is 4.90 Å². The summed E-state index contributed by atoms with van der Waals surface area (Å²) in [5.41, 5.74) is 2.23. The number of aryl methyl sites for hydroxylation is 1. The van der Waals surface area contributed by atoms with Crippen molar-refractivity contribution in [3.63, 3.8) is 0 Å². The van der Waals surface area contributed by atoms with E-state index >= 15 is 0 Å². The fourth-order valence-corrected chi connectivity index (χ4v) is 2.66. The molecule has 2 amide bonds. The number of nitrogens with zero attached hydrogens (tertiary/aromatic N) is 1. The first-order valence-electron chi connectivity index (χ1n) is 5.90. The molecule has 4 heteroatoms. The summed E-state index contributed by atoms with van der Waals surface area (Å²) in [7, 11) is 0. The molecule has 0 radical (unpaired) electrons. The summed E-state index contributed by atoms with van der Waals surface area (Å²) in [4.78, 5) is 26.1. The molecule has 1 aromatic carbocycles. The van der Waals surface area contributed by atoms with Crippen LogP contribution >= 0.6 is 0 Å². The van der Waals surface area contributed by atoms with Gasteiger partial charge in [0, 0.05) is 6.54 Å². The number of para-hydroxylation sites is 1. The normalized spacial score (nSPS) is 22.9. The maximum Gasteiger partial charge on any atom is 0.256 e. The lowest BCUT2D eigenvalue weighted by atomic mass is 10.1. The first kappa shape index (κ1) is 10.3. The zero-order valence-corrected chi connectivity index (χ0v) is 9.69. The van der Waals surface area contributed by atoms with Gasteiger partial charge in [0.05, 0.1) is 11.3 Å². The number of hydrogen-bond acceptors (Lipinski definition) is 2. The number of carbonyl (C=O) groups excluding carboxylic acids is 2. The molecule has 4 nitrogen and oxygen atoms in total. The molecule has 3 rings (SSSR count). The first-order valence-corrected chi connectivity index (χ1v) is 5.90. The highest BCUT2D eigenvalue weighted by Crippen LogP contribution is 2.30. The summed E-state index contributed by atoms with van der Waals surface area (Å²) < 4.78 is 0. The van der Waals surface area contributed by atoms with Crippen LogP contribution in [-0.2, 0) is 4.79 Å². The molecule has 2 heterocycles. The van der Waals surface area contributed by atoms with Crippen LogP contribution in [-0.4, -0.2) is 29.3 Å². The molecule has 2 aliphatic rings. The van der Waals surface area contributed by atoms with Crippen molar-refractivity contribution in [2.45, 2.75) is 25.8 Å². The number of hydrogen-bond donors (Lipinski definition) is 1. The lowest BCUT2D eigenvalue weighted by Gasteiger charge is -2.19. The topological polar surface area (TPSA) is 49.4 Å². The molecule has 1 unspecified atom stereocenters. The van der Waals surface area contributed by atoms with Crippen LogP contribution in [0.1, 0.15) is 28.8 Å². The molecule has 0 spiro atoms. The maximum absolute atomic E-state index is 12.3. The van der Waals surface area contributed by atoms with Crippen LogP contribution in [0.4, 0.5) is 5.69 Å². The molecular weight excluding hydrogens is 216 g/mol. The number of nitrogens with one attached hydrogen (secondary N) is 1. The number of carbonyl (C=O) groups is 2. The highest BCUT2D eigenvalue weighted by atomic mass is 16.2. The van der Waals surface area contributed by atoms with Crippen molar-refractivity contribution in [2.24, 2.45) is 0 Å². The van der Waals surface area contributed by atoms with Gasteiger partial charge in [-0.2, -0.15) is 0 Å². The third-order valence-electron chi connectivity index (χ3n) is 3.57. The lowest BCUT2D eigenvalue weighted by molar-refractivity contribution is -0.119. The Bertz CT molecular complexity index is 510. The summed E-state index contributed by atoms with van der Waals surface area (Å²) in [6, 6.07) is 5.26. The van der Waals surface area contributed by atoms with Crippen molar-refractivity contribution in [1.29, 1.82) is 0 Å². The largest absolute Gasteiger partial charge is 0.327 e. The molecule has 0 saturated carbocycles. The standard InChI is InChI=1S/C13H14N2O2/c1-8-4-2-5-9-11(8)14-12(16)10-6-3-7-15(10)13(9)17/h2,4-5,10H,3,6-7H2,1H3,(H,14,16). The molecule has 1 N–H and O–H groups in total. The maximum atomic E-state index is 12.3. The molecule has 1 saturated heterocycles. The molecule has 88 valence electrons. The Kier molecular flexibility index (Phi) is 2.18. The SMILES string of the molecule is Cc1cccc2c1NC(=O)C1CCCN1C2=O. The molecular formula is C13H14N2O2. The van der Waals surface area contributed by atoms with Crippen LogP contribution in [0.3, 0.4) is 0 Å². The van der Waals surface area contributed by atoms with Gasteiger partial charge in [0.2, 0.25) is 5.91 Å². The van der Waals surface area contributed by atoms with E-state index in [2.05, 4.69) is 5.32 Å². The minimum Gasteiger partial charge on any atom is -0.327 e. The molecule has 2 aliphatic heterocycles. The number of benzene rings is 1. The highest BCUT2D eigenvalue weighted by molar-refractivity contribution is 6.10. The van der Waals surface area contributed by atoms with E-state index in [1.165, 1.54) is 0 Å². The van der Waals surface area contributed by atoms with Gasteiger partial charge in [-0.1, -0.05) is 12.1 Å². The summed E-state index contributed by atoms with van der Waals surface area (Å²) in [5, 5.41) is 2.89. The summed E-state index contributed by atoms with van der Waals surface area (Å²) in [6.07, 6.45) is 1.68. The second-order valence-corrected chi connectivity index (χ2v) is 4.64. The highest BCUT2D eigenvalue weighted by Gasteiger charge is 2.38. The zero-order valence-electron chi connectivity index (χ0n) is 9.69. The average molecular weight is 230 g/mol. The van der Waals surface area contributed by atoms with Crippen molar-refractivity contribution in [3.05, 3.63) is 29.3 Å². The van der Waals surface area contributed by atoms with Gasteiger partial charge in [0.15, 0.2) is 0 Å². The molecule has 0 aromatic heterocycles. The van der Waals surface area contributed by atoms with Crippen molar-refractivity contribution in [3.8, 4) is 0 Å². The first-order chi connectivity index (χ1) is 8.18. The molecule has 1 atom stereocenters. The third kappa shape index (κ3) is 1.44. The van der Waals surface area contributed by atoms with E-state index in [-0.39, 0.29) is 17.9 Å². The van der Waals surface area contributed by atoms with E-state index in [9.17, 15) is 9.59 Å². The van der Waals surface area contributed by atoms with Gasteiger partial charge < -0.3 is 10.2 Å². The number of rotatable bonds is 0. The Labute approximate surface area is 99.6 Å². The molecule has 0 bridgehead atoms. The summed E-state index contributed by atoms with van der Waals surface area (Å²) in [6.45, 7) is 2.59. The van der Waals surface area contributed by atoms with Crippen LogP contribution in [0.2, 0.25) is 0 Å². The number of anilines is 1. The van der Waals surface area contributed by atoms with Crippen LogP contribution in [0.5, 0.6) is 0 Å². The monoisotopic (exact) mass is 230 g/mol. The number of fused-ring (bicyclic) bond motifs is 2. The van der Waals surface area contributed by atoms with Gasteiger partial charge in [-0.05, 0) is 31.4 Å². The fraction of sp³-hybridized carbons (Fsp3) is 0.385. The fourth-order valence-electron chi connectivity index (χ4n) is 2.66. The average Bonchev–Trinajstić information content (AvgIpc) is 2.76. The van der Waals surface area contributed by atoms with Gasteiger partial charge in [0.1, 0.15) is 6.04 Å². The summed E-state index contributed by atoms with van der Waals surface area (Å²) >= 11 is 0. The minimum atomic E-state index is -0.283. The summed E-state index contributed by atoms with van der Waals surface area (Å²) in [5.74, 6) is -0.0755. The van der Waals surface area contributed by atoms with E-state index in [0.29, 0.717) is 17.8 Å².